The third kappa shape index (κ3) is 5.30. The summed E-state index contributed by atoms with van der Waals surface area (Å²) in [5.74, 6) is 1.50. The lowest BCUT2D eigenvalue weighted by atomic mass is 10.2. The number of guanidine groups is 1. The fraction of sp³-hybridized carbons (Fsp3) is 0.438. The van der Waals surface area contributed by atoms with Gasteiger partial charge in [-0.15, -0.1) is 0 Å². The molecule has 0 spiro atoms. The van der Waals surface area contributed by atoms with Gasteiger partial charge in [0.15, 0.2) is 17.5 Å². The molecule has 0 aliphatic rings. The average Bonchev–Trinajstić information content (AvgIpc) is 3.02. The summed E-state index contributed by atoms with van der Waals surface area (Å²) >= 11 is 0. The molecule has 2 rings (SSSR count). The predicted octanol–water partition coefficient (Wildman–Crippen LogP) is 1.68. The number of aryl methyl sites for hydroxylation is 1. The lowest BCUT2D eigenvalue weighted by Gasteiger charge is -2.17. The molecule has 0 bridgehead atoms. The SMILES string of the molecule is CCOc1cccc(CNC(=NC)NCc2ncnn2C)c1OC(F)F. The van der Waals surface area contributed by atoms with E-state index in [1.54, 1.807) is 43.9 Å². The molecule has 0 saturated carbocycles. The Hall–Kier alpha value is -2.91. The van der Waals surface area contributed by atoms with Gasteiger partial charge in [-0.3, -0.25) is 9.67 Å². The van der Waals surface area contributed by atoms with Crippen LogP contribution in [0.25, 0.3) is 0 Å². The van der Waals surface area contributed by atoms with Crippen LogP contribution in [0.1, 0.15) is 18.3 Å². The lowest BCUT2D eigenvalue weighted by molar-refractivity contribution is -0.0520. The molecule has 0 saturated heterocycles. The Morgan fingerprint density at radius 1 is 1.31 bits per heavy atom. The molecular formula is C16H22F2N6O2. The normalized spacial score (nSPS) is 11.5. The van der Waals surface area contributed by atoms with Crippen LogP contribution in [0.2, 0.25) is 0 Å². The van der Waals surface area contributed by atoms with Crippen molar-refractivity contribution < 1.29 is 18.3 Å². The van der Waals surface area contributed by atoms with Gasteiger partial charge in [0.05, 0.1) is 13.2 Å². The molecule has 2 aromatic rings. The van der Waals surface area contributed by atoms with E-state index in [0.29, 0.717) is 24.7 Å². The van der Waals surface area contributed by atoms with Crippen LogP contribution in [0.4, 0.5) is 8.78 Å². The van der Waals surface area contributed by atoms with Gasteiger partial charge in [0.2, 0.25) is 0 Å². The van der Waals surface area contributed by atoms with Gasteiger partial charge in [-0.1, -0.05) is 12.1 Å². The van der Waals surface area contributed by atoms with Gasteiger partial charge < -0.3 is 20.1 Å². The molecule has 0 aliphatic carbocycles. The number of para-hydroxylation sites is 1. The Labute approximate surface area is 150 Å². The van der Waals surface area contributed by atoms with E-state index in [1.165, 1.54) is 6.33 Å². The van der Waals surface area contributed by atoms with E-state index in [4.69, 9.17) is 4.74 Å². The van der Waals surface area contributed by atoms with Crippen molar-refractivity contribution in [1.29, 1.82) is 0 Å². The number of hydrogen-bond acceptors (Lipinski definition) is 5. The number of rotatable bonds is 8. The Kier molecular flexibility index (Phi) is 7.12. The lowest BCUT2D eigenvalue weighted by Crippen LogP contribution is -2.37. The van der Waals surface area contributed by atoms with Gasteiger partial charge in [-0.05, 0) is 13.0 Å². The van der Waals surface area contributed by atoms with Crippen molar-refractivity contribution in [3.8, 4) is 11.5 Å². The zero-order chi connectivity index (χ0) is 18.9. The summed E-state index contributed by atoms with van der Waals surface area (Å²) in [4.78, 5) is 8.20. The Balaban J connectivity index is 2.04. The Bertz CT molecular complexity index is 735. The van der Waals surface area contributed by atoms with Gasteiger partial charge in [-0.25, -0.2) is 4.98 Å². The molecule has 0 fully saturated rings. The molecule has 2 N–H and O–H groups in total. The number of nitrogens with zero attached hydrogens (tertiary/aromatic N) is 4. The zero-order valence-electron chi connectivity index (χ0n) is 14.9. The standard InChI is InChI=1S/C16H22F2N6O2/c1-4-25-12-7-5-6-11(14(12)26-15(17)18)8-20-16(19-2)21-9-13-22-10-23-24(13)3/h5-7,10,15H,4,8-9H2,1-3H3,(H2,19,20,21). The van der Waals surface area contributed by atoms with E-state index in [9.17, 15) is 8.78 Å². The summed E-state index contributed by atoms with van der Waals surface area (Å²) in [6.45, 7) is -0.187. The maximum Gasteiger partial charge on any atom is 0.387 e. The third-order valence-electron chi connectivity index (χ3n) is 3.46. The van der Waals surface area contributed by atoms with E-state index in [2.05, 4.69) is 30.4 Å². The van der Waals surface area contributed by atoms with Crippen LogP contribution in [0, 0.1) is 0 Å². The molecule has 1 aromatic heterocycles. The second-order valence-corrected chi connectivity index (χ2v) is 5.14. The predicted molar refractivity (Wildman–Crippen MR) is 92.3 cm³/mol. The molecule has 142 valence electrons. The maximum absolute atomic E-state index is 12.8. The fourth-order valence-corrected chi connectivity index (χ4v) is 2.24. The minimum absolute atomic E-state index is 0.0144. The highest BCUT2D eigenvalue weighted by molar-refractivity contribution is 5.79. The van der Waals surface area contributed by atoms with E-state index in [1.807, 2.05) is 0 Å². The monoisotopic (exact) mass is 368 g/mol. The Morgan fingerprint density at radius 2 is 2.08 bits per heavy atom. The molecule has 1 aromatic carbocycles. The highest BCUT2D eigenvalue weighted by atomic mass is 19.3. The summed E-state index contributed by atoms with van der Waals surface area (Å²) in [6, 6.07) is 4.99. The molecule has 8 nitrogen and oxygen atoms in total. The molecular weight excluding hydrogens is 346 g/mol. The second-order valence-electron chi connectivity index (χ2n) is 5.14. The number of aliphatic imine (C=N–C) groups is 1. The zero-order valence-corrected chi connectivity index (χ0v) is 14.9. The first-order chi connectivity index (χ1) is 12.5. The second kappa shape index (κ2) is 9.54. The minimum atomic E-state index is -2.94. The van der Waals surface area contributed by atoms with Crippen LogP contribution >= 0.6 is 0 Å². The topological polar surface area (TPSA) is 85.6 Å². The van der Waals surface area contributed by atoms with Crippen LogP contribution in [0.5, 0.6) is 11.5 Å². The molecule has 0 atom stereocenters. The van der Waals surface area contributed by atoms with E-state index in [-0.39, 0.29) is 18.0 Å². The number of aromatic nitrogens is 3. The molecule has 0 aliphatic heterocycles. The maximum atomic E-state index is 12.8. The highest BCUT2D eigenvalue weighted by Crippen LogP contribution is 2.32. The molecule has 0 unspecified atom stereocenters. The first-order valence-electron chi connectivity index (χ1n) is 8.02. The van der Waals surface area contributed by atoms with Gasteiger partial charge >= 0.3 is 6.61 Å². The summed E-state index contributed by atoms with van der Waals surface area (Å²) < 4.78 is 37.2. The molecule has 0 amide bonds. The van der Waals surface area contributed by atoms with E-state index >= 15 is 0 Å². The van der Waals surface area contributed by atoms with Crippen molar-refractivity contribution in [2.45, 2.75) is 26.6 Å². The number of benzene rings is 1. The molecule has 10 heteroatoms. The van der Waals surface area contributed by atoms with Gasteiger partial charge in [0.25, 0.3) is 0 Å². The number of nitrogens with one attached hydrogen (secondary N) is 2. The van der Waals surface area contributed by atoms with Gasteiger partial charge in [0.1, 0.15) is 12.2 Å². The number of halogens is 2. The smallest absolute Gasteiger partial charge is 0.387 e. The minimum Gasteiger partial charge on any atom is -0.490 e. The number of ether oxygens (including phenoxy) is 2. The molecule has 26 heavy (non-hydrogen) atoms. The van der Waals surface area contributed by atoms with Crippen LogP contribution in [-0.2, 0) is 20.1 Å². The quantitative estimate of drug-likeness (QED) is 0.545. The van der Waals surface area contributed by atoms with Crippen molar-refractivity contribution in [2.75, 3.05) is 13.7 Å². The van der Waals surface area contributed by atoms with Crippen molar-refractivity contribution in [3.63, 3.8) is 0 Å². The largest absolute Gasteiger partial charge is 0.490 e. The summed E-state index contributed by atoms with van der Waals surface area (Å²) in [5.41, 5.74) is 0.526. The summed E-state index contributed by atoms with van der Waals surface area (Å²) in [5, 5.41) is 10.1. The average molecular weight is 368 g/mol. The van der Waals surface area contributed by atoms with Gasteiger partial charge in [-0.2, -0.15) is 13.9 Å². The first-order valence-corrected chi connectivity index (χ1v) is 8.02. The van der Waals surface area contributed by atoms with Gasteiger partial charge in [0, 0.05) is 26.2 Å². The Morgan fingerprint density at radius 3 is 2.69 bits per heavy atom. The molecule has 0 radical (unpaired) electrons. The number of alkyl halides is 2. The van der Waals surface area contributed by atoms with Crippen LogP contribution < -0.4 is 20.1 Å². The highest BCUT2D eigenvalue weighted by Gasteiger charge is 2.16. The van der Waals surface area contributed by atoms with Crippen molar-refractivity contribution in [2.24, 2.45) is 12.0 Å². The summed E-state index contributed by atoms with van der Waals surface area (Å²) in [7, 11) is 3.40. The van der Waals surface area contributed by atoms with Crippen LogP contribution in [0.15, 0.2) is 29.5 Å². The van der Waals surface area contributed by atoms with Crippen LogP contribution in [0.3, 0.4) is 0 Å². The van der Waals surface area contributed by atoms with Crippen LogP contribution in [-0.4, -0.2) is 41.0 Å². The third-order valence-corrected chi connectivity index (χ3v) is 3.46. The summed E-state index contributed by atoms with van der Waals surface area (Å²) in [6.07, 6.45) is 1.46. The van der Waals surface area contributed by atoms with E-state index in [0.717, 1.165) is 5.82 Å². The van der Waals surface area contributed by atoms with Crippen molar-refractivity contribution >= 4 is 5.96 Å². The van der Waals surface area contributed by atoms with E-state index < -0.39 is 6.61 Å². The fourth-order valence-electron chi connectivity index (χ4n) is 2.24. The van der Waals surface area contributed by atoms with Crippen molar-refractivity contribution in [3.05, 3.63) is 35.9 Å². The molecule has 1 heterocycles. The number of hydrogen-bond donors (Lipinski definition) is 2. The first kappa shape index (κ1) is 19.4. The van der Waals surface area contributed by atoms with Crippen molar-refractivity contribution in [1.82, 2.24) is 25.4 Å².